The van der Waals surface area contributed by atoms with E-state index in [1.165, 1.54) is 5.56 Å². The lowest BCUT2D eigenvalue weighted by molar-refractivity contribution is -0.130. The van der Waals surface area contributed by atoms with Gasteiger partial charge in [0.1, 0.15) is 0 Å². The average Bonchev–Trinajstić information content (AvgIpc) is 2.97. The van der Waals surface area contributed by atoms with Crippen LogP contribution in [0.4, 0.5) is 0 Å². The number of benzene rings is 1. The van der Waals surface area contributed by atoms with Gasteiger partial charge in [-0.05, 0) is 30.2 Å². The second-order valence-electron chi connectivity index (χ2n) is 4.71. The van der Waals surface area contributed by atoms with Crippen LogP contribution >= 0.6 is 15.9 Å². The molecule has 1 aromatic carbocycles. The molecule has 4 nitrogen and oxygen atoms in total. The molecular formula is C15H18BrN3O. The zero-order valence-corrected chi connectivity index (χ0v) is 13.1. The van der Waals surface area contributed by atoms with Gasteiger partial charge in [0.15, 0.2) is 0 Å². The Hall–Kier alpha value is -1.62. The van der Waals surface area contributed by atoms with Crippen molar-refractivity contribution in [2.24, 2.45) is 0 Å². The molecule has 1 aromatic heterocycles. The number of rotatable bonds is 6. The predicted molar refractivity (Wildman–Crippen MR) is 82.3 cm³/mol. The van der Waals surface area contributed by atoms with Crippen LogP contribution in [0.2, 0.25) is 0 Å². The van der Waals surface area contributed by atoms with Crippen molar-refractivity contribution in [2.45, 2.75) is 19.4 Å². The summed E-state index contributed by atoms with van der Waals surface area (Å²) in [5.41, 5.74) is 1.18. The topological polar surface area (TPSA) is 38.1 Å². The molecule has 0 aliphatic heterocycles. The Balaban J connectivity index is 1.74. The van der Waals surface area contributed by atoms with E-state index >= 15 is 0 Å². The van der Waals surface area contributed by atoms with Gasteiger partial charge in [0.25, 0.3) is 0 Å². The Morgan fingerprint density at radius 2 is 2.10 bits per heavy atom. The van der Waals surface area contributed by atoms with E-state index in [2.05, 4.69) is 21.0 Å². The smallest absolute Gasteiger partial charge is 0.222 e. The Kier molecular flexibility index (Phi) is 5.35. The van der Waals surface area contributed by atoms with Crippen molar-refractivity contribution < 1.29 is 4.79 Å². The minimum atomic E-state index is 0.167. The molecule has 0 saturated carbocycles. The van der Waals surface area contributed by atoms with Crippen LogP contribution in [-0.4, -0.2) is 34.2 Å². The molecular weight excluding hydrogens is 318 g/mol. The Bertz CT molecular complexity index is 537. The fourth-order valence-electron chi connectivity index (χ4n) is 1.90. The van der Waals surface area contributed by atoms with Crippen LogP contribution in [0.25, 0.3) is 0 Å². The summed E-state index contributed by atoms with van der Waals surface area (Å²) < 4.78 is 2.89. The van der Waals surface area contributed by atoms with Gasteiger partial charge in [-0.3, -0.25) is 9.48 Å². The molecule has 20 heavy (non-hydrogen) atoms. The van der Waals surface area contributed by atoms with Crippen LogP contribution < -0.4 is 0 Å². The van der Waals surface area contributed by atoms with E-state index in [-0.39, 0.29) is 5.91 Å². The molecule has 0 radical (unpaired) electrons. The number of carbonyl (C=O) groups excluding carboxylic acids is 1. The first-order valence-electron chi connectivity index (χ1n) is 6.61. The number of hydrogen-bond acceptors (Lipinski definition) is 2. The molecule has 0 unspecified atom stereocenters. The zero-order chi connectivity index (χ0) is 14.4. The second-order valence-corrected chi connectivity index (χ2v) is 5.63. The number of aryl methyl sites for hydroxylation is 1. The highest BCUT2D eigenvalue weighted by Crippen LogP contribution is 2.12. The Morgan fingerprint density at radius 1 is 1.35 bits per heavy atom. The minimum Gasteiger partial charge on any atom is -0.344 e. The minimum absolute atomic E-state index is 0.167. The number of aromatic nitrogens is 2. The highest BCUT2D eigenvalue weighted by atomic mass is 79.9. The lowest BCUT2D eigenvalue weighted by Crippen LogP contribution is -2.30. The van der Waals surface area contributed by atoms with Crippen molar-refractivity contribution in [3.05, 3.63) is 52.8 Å². The number of amides is 1. The Labute approximate surface area is 127 Å². The van der Waals surface area contributed by atoms with Crippen LogP contribution in [0.1, 0.15) is 12.0 Å². The molecule has 0 aliphatic carbocycles. The van der Waals surface area contributed by atoms with Gasteiger partial charge in [-0.2, -0.15) is 5.10 Å². The molecule has 0 bridgehead atoms. The third kappa shape index (κ3) is 4.49. The third-order valence-corrected chi connectivity index (χ3v) is 3.72. The molecule has 0 fully saturated rings. The lowest BCUT2D eigenvalue weighted by atomic mass is 10.1. The highest BCUT2D eigenvalue weighted by molar-refractivity contribution is 9.10. The van der Waals surface area contributed by atoms with Gasteiger partial charge in [-0.25, -0.2) is 0 Å². The number of likely N-dealkylation sites (N-methyl/N-ethyl adjacent to an activating group) is 1. The van der Waals surface area contributed by atoms with Gasteiger partial charge in [-0.15, -0.1) is 0 Å². The van der Waals surface area contributed by atoms with Crippen LogP contribution in [0.3, 0.4) is 0 Å². The van der Waals surface area contributed by atoms with Crippen LogP contribution in [0.5, 0.6) is 0 Å². The maximum absolute atomic E-state index is 12.0. The SMILES string of the molecule is CN(CCn1cccn1)C(=O)CCc1ccc(Br)cc1. The molecule has 106 valence electrons. The summed E-state index contributed by atoms with van der Waals surface area (Å²) in [5, 5.41) is 4.12. The molecule has 0 aliphatic rings. The van der Waals surface area contributed by atoms with Gasteiger partial charge in [0.05, 0.1) is 6.54 Å². The van der Waals surface area contributed by atoms with Gasteiger partial charge in [0.2, 0.25) is 5.91 Å². The number of nitrogens with zero attached hydrogens (tertiary/aromatic N) is 3. The first-order chi connectivity index (χ1) is 9.65. The molecule has 5 heteroatoms. The normalized spacial score (nSPS) is 10.5. The van der Waals surface area contributed by atoms with Gasteiger partial charge in [-0.1, -0.05) is 28.1 Å². The first kappa shape index (κ1) is 14.8. The van der Waals surface area contributed by atoms with E-state index in [1.54, 1.807) is 11.1 Å². The van der Waals surface area contributed by atoms with Crippen molar-refractivity contribution in [3.8, 4) is 0 Å². The molecule has 2 rings (SSSR count). The van der Waals surface area contributed by atoms with Crippen LogP contribution in [0, 0.1) is 0 Å². The van der Waals surface area contributed by atoms with E-state index in [9.17, 15) is 4.79 Å². The van der Waals surface area contributed by atoms with E-state index in [0.717, 1.165) is 17.4 Å². The third-order valence-electron chi connectivity index (χ3n) is 3.19. The van der Waals surface area contributed by atoms with E-state index in [0.29, 0.717) is 13.0 Å². The molecule has 0 spiro atoms. The summed E-state index contributed by atoms with van der Waals surface area (Å²) >= 11 is 3.40. The number of hydrogen-bond donors (Lipinski definition) is 0. The molecule has 1 heterocycles. The fourth-order valence-corrected chi connectivity index (χ4v) is 2.17. The standard InChI is InChI=1S/C15H18BrN3O/c1-18(11-12-19-10-2-9-17-19)15(20)8-5-13-3-6-14(16)7-4-13/h2-4,6-7,9-10H,5,8,11-12H2,1H3. The highest BCUT2D eigenvalue weighted by Gasteiger charge is 2.08. The quantitative estimate of drug-likeness (QED) is 0.814. The molecule has 2 aromatic rings. The van der Waals surface area contributed by atoms with Crippen LogP contribution in [-0.2, 0) is 17.8 Å². The fraction of sp³-hybridized carbons (Fsp3) is 0.333. The first-order valence-corrected chi connectivity index (χ1v) is 7.40. The zero-order valence-electron chi connectivity index (χ0n) is 11.5. The Morgan fingerprint density at radius 3 is 2.75 bits per heavy atom. The summed E-state index contributed by atoms with van der Waals surface area (Å²) in [5.74, 6) is 0.167. The molecule has 0 atom stereocenters. The summed E-state index contributed by atoms with van der Waals surface area (Å²) in [7, 11) is 1.84. The number of carbonyl (C=O) groups is 1. The molecule has 0 N–H and O–H groups in total. The summed E-state index contributed by atoms with van der Waals surface area (Å²) in [6.07, 6.45) is 4.96. The van der Waals surface area contributed by atoms with Crippen molar-refractivity contribution in [1.82, 2.24) is 14.7 Å². The van der Waals surface area contributed by atoms with E-state index < -0.39 is 0 Å². The second kappa shape index (κ2) is 7.24. The van der Waals surface area contributed by atoms with Crippen molar-refractivity contribution >= 4 is 21.8 Å². The predicted octanol–water partition coefficient (Wildman–Crippen LogP) is 2.74. The maximum atomic E-state index is 12.0. The van der Waals surface area contributed by atoms with E-state index in [4.69, 9.17) is 0 Å². The molecule has 0 saturated heterocycles. The van der Waals surface area contributed by atoms with Crippen molar-refractivity contribution in [3.63, 3.8) is 0 Å². The summed E-state index contributed by atoms with van der Waals surface area (Å²) in [6.45, 7) is 1.41. The van der Waals surface area contributed by atoms with Crippen molar-refractivity contribution in [1.29, 1.82) is 0 Å². The summed E-state index contributed by atoms with van der Waals surface area (Å²) in [6, 6.07) is 9.97. The van der Waals surface area contributed by atoms with Gasteiger partial charge < -0.3 is 4.90 Å². The summed E-state index contributed by atoms with van der Waals surface area (Å²) in [4.78, 5) is 13.8. The van der Waals surface area contributed by atoms with Crippen molar-refractivity contribution in [2.75, 3.05) is 13.6 Å². The van der Waals surface area contributed by atoms with Gasteiger partial charge in [0, 0.05) is 36.9 Å². The molecule has 1 amide bonds. The maximum Gasteiger partial charge on any atom is 0.222 e. The lowest BCUT2D eigenvalue weighted by Gasteiger charge is -2.17. The monoisotopic (exact) mass is 335 g/mol. The average molecular weight is 336 g/mol. The van der Waals surface area contributed by atoms with E-state index in [1.807, 2.05) is 48.3 Å². The van der Waals surface area contributed by atoms with Gasteiger partial charge >= 0.3 is 0 Å². The largest absolute Gasteiger partial charge is 0.344 e. The van der Waals surface area contributed by atoms with Crippen LogP contribution in [0.15, 0.2) is 47.2 Å². The number of halogens is 1.